The molecule has 1 N–H and O–H groups in total. The van der Waals surface area contributed by atoms with Gasteiger partial charge in [-0.3, -0.25) is 0 Å². The van der Waals surface area contributed by atoms with Crippen LogP contribution in [0.15, 0.2) is 18.2 Å². The van der Waals surface area contributed by atoms with Gasteiger partial charge in [-0.05, 0) is 32.4 Å². The number of benzene rings is 1. The zero-order valence-electron chi connectivity index (χ0n) is 12.4. The molecule has 19 heavy (non-hydrogen) atoms. The minimum absolute atomic E-state index is 0.0258. The first kappa shape index (κ1) is 12.9. The molecule has 104 valence electrons. The van der Waals surface area contributed by atoms with Gasteiger partial charge in [0.1, 0.15) is 0 Å². The normalized spacial score (nSPS) is 29.2. The van der Waals surface area contributed by atoms with Crippen molar-refractivity contribution in [1.29, 1.82) is 0 Å². The van der Waals surface area contributed by atoms with Crippen LogP contribution in [0.25, 0.3) is 0 Å². The number of hydrogen-bond donors (Lipinski definition) is 1. The molecule has 3 heteroatoms. The van der Waals surface area contributed by atoms with Crippen LogP contribution in [0.4, 0.5) is 5.69 Å². The van der Waals surface area contributed by atoms with Gasteiger partial charge < -0.3 is 15.0 Å². The Labute approximate surface area is 115 Å². The van der Waals surface area contributed by atoms with Crippen molar-refractivity contribution in [3.8, 4) is 0 Å². The van der Waals surface area contributed by atoms with E-state index in [9.17, 15) is 0 Å². The van der Waals surface area contributed by atoms with Crippen LogP contribution in [-0.4, -0.2) is 31.8 Å². The summed E-state index contributed by atoms with van der Waals surface area (Å²) in [5.74, 6) is 0.483. The van der Waals surface area contributed by atoms with Crippen molar-refractivity contribution in [2.24, 2.45) is 0 Å². The van der Waals surface area contributed by atoms with Crippen LogP contribution < -0.4 is 10.2 Å². The van der Waals surface area contributed by atoms with E-state index in [1.54, 1.807) is 0 Å². The summed E-state index contributed by atoms with van der Waals surface area (Å²) in [5, 5.41) is 3.48. The minimum Gasteiger partial charge on any atom is -0.372 e. The molecule has 2 heterocycles. The van der Waals surface area contributed by atoms with Crippen molar-refractivity contribution in [3.63, 3.8) is 0 Å². The third-order valence-corrected chi connectivity index (χ3v) is 4.83. The fourth-order valence-corrected chi connectivity index (χ4v) is 3.32. The Morgan fingerprint density at radius 1 is 1.42 bits per heavy atom. The van der Waals surface area contributed by atoms with Gasteiger partial charge in [0.15, 0.2) is 0 Å². The third kappa shape index (κ3) is 1.96. The molecule has 2 aliphatic rings. The fraction of sp³-hybridized carbons (Fsp3) is 0.625. The van der Waals surface area contributed by atoms with E-state index in [-0.39, 0.29) is 5.60 Å². The molecule has 3 rings (SSSR count). The monoisotopic (exact) mass is 260 g/mol. The van der Waals surface area contributed by atoms with Gasteiger partial charge in [0, 0.05) is 43.3 Å². The van der Waals surface area contributed by atoms with Crippen LogP contribution in [0.5, 0.6) is 0 Å². The molecule has 0 spiro atoms. The van der Waals surface area contributed by atoms with Gasteiger partial charge in [0.2, 0.25) is 0 Å². The second-order valence-corrected chi connectivity index (χ2v) is 6.33. The summed E-state index contributed by atoms with van der Waals surface area (Å²) in [4.78, 5) is 2.34. The molecule has 0 saturated carbocycles. The number of nitrogens with zero attached hydrogens (tertiary/aromatic N) is 1. The van der Waals surface area contributed by atoms with Gasteiger partial charge in [-0.1, -0.05) is 12.1 Å². The zero-order chi connectivity index (χ0) is 13.6. The standard InChI is InChI=1S/C16H24N2O/c1-11(2)18(4)15-7-5-6-12-13(15)9-19-16(3)10-17-8-14(12)16/h5-7,11,14,17H,8-10H2,1-4H3/t14-,16-/m1/s1. The number of rotatable bonds is 2. The molecule has 0 aliphatic carbocycles. The number of ether oxygens (including phenoxy) is 1. The summed E-state index contributed by atoms with van der Waals surface area (Å²) in [6, 6.07) is 7.19. The van der Waals surface area contributed by atoms with Crippen LogP contribution in [0.2, 0.25) is 0 Å². The maximum Gasteiger partial charge on any atom is 0.0863 e. The maximum absolute atomic E-state index is 6.20. The van der Waals surface area contributed by atoms with E-state index in [0.717, 1.165) is 19.7 Å². The van der Waals surface area contributed by atoms with E-state index in [4.69, 9.17) is 4.74 Å². The highest BCUT2D eigenvalue weighted by Gasteiger charge is 2.45. The third-order valence-electron chi connectivity index (χ3n) is 4.83. The SMILES string of the molecule is CC(C)N(C)c1cccc2c1CO[C@]1(C)CNC[C@H]21. The summed E-state index contributed by atoms with van der Waals surface area (Å²) >= 11 is 0. The maximum atomic E-state index is 6.20. The lowest BCUT2D eigenvalue weighted by atomic mass is 9.81. The number of anilines is 1. The first-order valence-electron chi connectivity index (χ1n) is 7.22. The van der Waals surface area contributed by atoms with Crippen LogP contribution in [0, 0.1) is 0 Å². The Hall–Kier alpha value is -1.06. The van der Waals surface area contributed by atoms with E-state index in [2.05, 4.69) is 56.2 Å². The molecule has 0 bridgehead atoms. The first-order valence-corrected chi connectivity index (χ1v) is 7.22. The minimum atomic E-state index is -0.0258. The summed E-state index contributed by atoms with van der Waals surface area (Å²) in [5.41, 5.74) is 4.15. The van der Waals surface area contributed by atoms with Gasteiger partial charge in [-0.15, -0.1) is 0 Å². The van der Waals surface area contributed by atoms with Crippen molar-refractivity contribution in [1.82, 2.24) is 5.32 Å². The van der Waals surface area contributed by atoms with Gasteiger partial charge in [-0.25, -0.2) is 0 Å². The second-order valence-electron chi connectivity index (χ2n) is 6.33. The predicted octanol–water partition coefficient (Wildman–Crippen LogP) is 2.51. The lowest BCUT2D eigenvalue weighted by Gasteiger charge is -2.39. The summed E-state index contributed by atoms with van der Waals surface area (Å²) < 4.78 is 6.20. The van der Waals surface area contributed by atoms with Crippen molar-refractivity contribution < 1.29 is 4.74 Å². The van der Waals surface area contributed by atoms with Crippen molar-refractivity contribution >= 4 is 5.69 Å². The lowest BCUT2D eigenvalue weighted by molar-refractivity contribution is -0.0515. The summed E-state index contributed by atoms with van der Waals surface area (Å²) in [6.07, 6.45) is 0. The van der Waals surface area contributed by atoms with E-state index < -0.39 is 0 Å². The summed E-state index contributed by atoms with van der Waals surface area (Å²) in [7, 11) is 2.17. The van der Waals surface area contributed by atoms with E-state index in [1.807, 2.05) is 0 Å². The van der Waals surface area contributed by atoms with Crippen LogP contribution in [0.3, 0.4) is 0 Å². The van der Waals surface area contributed by atoms with E-state index in [0.29, 0.717) is 12.0 Å². The molecule has 0 radical (unpaired) electrons. The largest absolute Gasteiger partial charge is 0.372 e. The van der Waals surface area contributed by atoms with Crippen molar-refractivity contribution in [2.75, 3.05) is 25.0 Å². The Morgan fingerprint density at radius 2 is 2.21 bits per heavy atom. The number of hydrogen-bond acceptors (Lipinski definition) is 3. The molecule has 2 atom stereocenters. The van der Waals surface area contributed by atoms with Crippen LogP contribution >= 0.6 is 0 Å². The predicted molar refractivity (Wildman–Crippen MR) is 78.8 cm³/mol. The Balaban J connectivity index is 2.05. The molecule has 1 saturated heterocycles. The molecule has 1 fully saturated rings. The zero-order valence-corrected chi connectivity index (χ0v) is 12.4. The molecule has 1 aromatic carbocycles. The van der Waals surface area contributed by atoms with Gasteiger partial charge >= 0.3 is 0 Å². The molecule has 2 aliphatic heterocycles. The van der Waals surface area contributed by atoms with E-state index in [1.165, 1.54) is 16.8 Å². The fourth-order valence-electron chi connectivity index (χ4n) is 3.32. The van der Waals surface area contributed by atoms with E-state index >= 15 is 0 Å². The smallest absolute Gasteiger partial charge is 0.0863 e. The Bertz CT molecular complexity index is 486. The Morgan fingerprint density at radius 3 is 2.95 bits per heavy atom. The Kier molecular flexibility index (Phi) is 3.06. The quantitative estimate of drug-likeness (QED) is 0.884. The number of nitrogens with one attached hydrogen (secondary N) is 1. The molecular weight excluding hydrogens is 236 g/mol. The number of fused-ring (bicyclic) bond motifs is 3. The molecule has 3 nitrogen and oxygen atoms in total. The molecule has 0 aromatic heterocycles. The molecule has 0 unspecified atom stereocenters. The molecule has 0 amide bonds. The second kappa shape index (κ2) is 4.50. The highest BCUT2D eigenvalue weighted by molar-refractivity contribution is 5.59. The average molecular weight is 260 g/mol. The van der Waals surface area contributed by atoms with Crippen molar-refractivity contribution in [2.45, 2.75) is 44.9 Å². The average Bonchev–Trinajstić information content (AvgIpc) is 2.79. The molecular formula is C16H24N2O. The van der Waals surface area contributed by atoms with Gasteiger partial charge in [0.25, 0.3) is 0 Å². The highest BCUT2D eigenvalue weighted by atomic mass is 16.5. The first-order chi connectivity index (χ1) is 9.03. The van der Waals surface area contributed by atoms with Crippen LogP contribution in [0.1, 0.15) is 37.8 Å². The summed E-state index contributed by atoms with van der Waals surface area (Å²) in [6.45, 7) is 9.41. The highest BCUT2D eigenvalue weighted by Crippen LogP contribution is 2.43. The lowest BCUT2D eigenvalue weighted by Crippen LogP contribution is -2.40. The topological polar surface area (TPSA) is 24.5 Å². The van der Waals surface area contributed by atoms with Gasteiger partial charge in [-0.2, -0.15) is 0 Å². The van der Waals surface area contributed by atoms with Crippen LogP contribution in [-0.2, 0) is 11.3 Å². The van der Waals surface area contributed by atoms with Gasteiger partial charge in [0.05, 0.1) is 12.2 Å². The van der Waals surface area contributed by atoms with Crippen molar-refractivity contribution in [3.05, 3.63) is 29.3 Å². The molecule has 1 aromatic rings.